The first-order valence-corrected chi connectivity index (χ1v) is 6.14. The third-order valence-corrected chi connectivity index (χ3v) is 3.34. The van der Waals surface area contributed by atoms with E-state index in [1.54, 1.807) is 12.4 Å². The molecule has 0 bridgehead atoms. The van der Waals surface area contributed by atoms with Crippen LogP contribution in [0.1, 0.15) is 22.8 Å². The first-order chi connectivity index (χ1) is 8.75. The molecule has 92 valence electrons. The number of aromatic nitrogens is 2. The highest BCUT2D eigenvalue weighted by atomic mass is 16.2. The summed E-state index contributed by atoms with van der Waals surface area (Å²) in [5.41, 5.74) is 2.88. The number of carbonyl (C=O) groups excluding carboxylic acids is 1. The van der Waals surface area contributed by atoms with E-state index in [4.69, 9.17) is 0 Å². The third-order valence-electron chi connectivity index (χ3n) is 3.34. The number of fused-ring (bicyclic) bond motifs is 1. The largest absolute Gasteiger partial charge is 0.308 e. The van der Waals surface area contributed by atoms with Crippen LogP contribution in [0.5, 0.6) is 0 Å². The maximum atomic E-state index is 12.4. The lowest BCUT2D eigenvalue weighted by atomic mass is 9.93. The van der Waals surface area contributed by atoms with E-state index in [2.05, 4.69) is 23.2 Å². The van der Waals surface area contributed by atoms with E-state index in [9.17, 15) is 4.79 Å². The fourth-order valence-electron chi connectivity index (χ4n) is 2.51. The summed E-state index contributed by atoms with van der Waals surface area (Å²) >= 11 is 0. The van der Waals surface area contributed by atoms with Gasteiger partial charge in [-0.3, -0.25) is 9.89 Å². The SMILES string of the molecule is CC1Cc2ccccc2N(C(=O)c2cn[nH]c2)C1. The summed E-state index contributed by atoms with van der Waals surface area (Å²) in [4.78, 5) is 14.3. The number of benzene rings is 1. The van der Waals surface area contributed by atoms with Crippen molar-refractivity contribution in [1.82, 2.24) is 10.2 Å². The number of carbonyl (C=O) groups is 1. The molecule has 1 aromatic carbocycles. The molecular weight excluding hydrogens is 226 g/mol. The van der Waals surface area contributed by atoms with E-state index in [1.165, 1.54) is 5.56 Å². The molecular formula is C14H15N3O. The topological polar surface area (TPSA) is 49.0 Å². The van der Waals surface area contributed by atoms with E-state index in [-0.39, 0.29) is 5.91 Å². The fourth-order valence-corrected chi connectivity index (χ4v) is 2.51. The zero-order valence-corrected chi connectivity index (χ0v) is 10.3. The van der Waals surface area contributed by atoms with Crippen molar-refractivity contribution in [2.45, 2.75) is 13.3 Å². The lowest BCUT2D eigenvalue weighted by molar-refractivity contribution is 0.0981. The zero-order valence-electron chi connectivity index (χ0n) is 10.3. The zero-order chi connectivity index (χ0) is 12.5. The summed E-state index contributed by atoms with van der Waals surface area (Å²) in [7, 11) is 0. The Morgan fingerprint density at radius 3 is 3.06 bits per heavy atom. The highest BCUT2D eigenvalue weighted by molar-refractivity contribution is 6.06. The molecule has 0 radical (unpaired) electrons. The number of nitrogens with one attached hydrogen (secondary N) is 1. The standard InChI is InChI=1S/C14H15N3O/c1-10-6-11-4-2-3-5-13(11)17(9-10)14(18)12-7-15-16-8-12/h2-5,7-8,10H,6,9H2,1H3,(H,15,16). The summed E-state index contributed by atoms with van der Waals surface area (Å²) in [5.74, 6) is 0.499. The first kappa shape index (κ1) is 11.0. The first-order valence-electron chi connectivity index (χ1n) is 6.14. The van der Waals surface area contributed by atoms with Gasteiger partial charge in [-0.1, -0.05) is 25.1 Å². The number of rotatable bonds is 1. The molecule has 0 saturated heterocycles. The van der Waals surface area contributed by atoms with Crippen LogP contribution < -0.4 is 4.90 Å². The van der Waals surface area contributed by atoms with Crippen molar-refractivity contribution in [3.8, 4) is 0 Å². The number of H-pyrrole nitrogens is 1. The molecule has 1 aliphatic heterocycles. The monoisotopic (exact) mass is 241 g/mol. The Morgan fingerprint density at radius 2 is 2.28 bits per heavy atom. The second-order valence-corrected chi connectivity index (χ2v) is 4.84. The molecule has 0 aliphatic carbocycles. The molecule has 1 aromatic heterocycles. The number of aromatic amines is 1. The summed E-state index contributed by atoms with van der Waals surface area (Å²) in [6, 6.07) is 8.11. The molecule has 1 unspecified atom stereocenters. The molecule has 2 aromatic rings. The van der Waals surface area contributed by atoms with Crippen LogP contribution in [0.2, 0.25) is 0 Å². The maximum Gasteiger partial charge on any atom is 0.261 e. The average molecular weight is 241 g/mol. The van der Waals surface area contributed by atoms with Crippen LogP contribution in [-0.2, 0) is 6.42 Å². The Bertz CT molecular complexity index is 562. The van der Waals surface area contributed by atoms with Crippen LogP contribution in [0.15, 0.2) is 36.7 Å². The minimum Gasteiger partial charge on any atom is -0.308 e. The molecule has 1 aliphatic rings. The molecule has 0 spiro atoms. The van der Waals surface area contributed by atoms with Crippen LogP contribution in [-0.4, -0.2) is 22.6 Å². The third kappa shape index (κ3) is 1.79. The molecule has 4 heteroatoms. The van der Waals surface area contributed by atoms with Crippen molar-refractivity contribution < 1.29 is 4.79 Å². The van der Waals surface area contributed by atoms with Gasteiger partial charge in [-0.15, -0.1) is 0 Å². The van der Waals surface area contributed by atoms with E-state index < -0.39 is 0 Å². The van der Waals surface area contributed by atoms with Crippen molar-refractivity contribution in [1.29, 1.82) is 0 Å². The molecule has 1 amide bonds. The summed E-state index contributed by atoms with van der Waals surface area (Å²) in [6.07, 6.45) is 4.25. The Labute approximate surface area is 106 Å². The van der Waals surface area contributed by atoms with E-state index >= 15 is 0 Å². The van der Waals surface area contributed by atoms with Gasteiger partial charge in [0.1, 0.15) is 0 Å². The molecule has 4 nitrogen and oxygen atoms in total. The Balaban J connectivity index is 2.00. The predicted octanol–water partition coefficient (Wildman–Crippen LogP) is 2.25. The second-order valence-electron chi connectivity index (χ2n) is 4.84. The van der Waals surface area contributed by atoms with Gasteiger partial charge in [0, 0.05) is 18.4 Å². The van der Waals surface area contributed by atoms with Crippen molar-refractivity contribution >= 4 is 11.6 Å². The Hall–Kier alpha value is -2.10. The minimum absolute atomic E-state index is 0.0164. The van der Waals surface area contributed by atoms with Gasteiger partial charge in [0.15, 0.2) is 0 Å². The molecule has 3 rings (SSSR count). The smallest absolute Gasteiger partial charge is 0.261 e. The number of hydrogen-bond acceptors (Lipinski definition) is 2. The van der Waals surface area contributed by atoms with E-state index in [0.29, 0.717) is 11.5 Å². The lowest BCUT2D eigenvalue weighted by Crippen LogP contribution is -2.39. The number of anilines is 1. The quantitative estimate of drug-likeness (QED) is 0.832. The second kappa shape index (κ2) is 4.29. The maximum absolute atomic E-state index is 12.4. The Morgan fingerprint density at radius 1 is 1.44 bits per heavy atom. The summed E-state index contributed by atoms with van der Waals surface area (Å²) < 4.78 is 0. The molecule has 0 saturated carbocycles. The van der Waals surface area contributed by atoms with Gasteiger partial charge in [0.2, 0.25) is 0 Å². The summed E-state index contributed by atoms with van der Waals surface area (Å²) in [6.45, 7) is 2.94. The van der Waals surface area contributed by atoms with Crippen LogP contribution in [0, 0.1) is 5.92 Å². The molecule has 18 heavy (non-hydrogen) atoms. The Kier molecular flexibility index (Phi) is 2.63. The van der Waals surface area contributed by atoms with Gasteiger partial charge in [-0.05, 0) is 24.0 Å². The van der Waals surface area contributed by atoms with Crippen molar-refractivity contribution in [3.05, 3.63) is 47.8 Å². The van der Waals surface area contributed by atoms with Crippen molar-refractivity contribution in [2.75, 3.05) is 11.4 Å². The minimum atomic E-state index is 0.0164. The lowest BCUT2D eigenvalue weighted by Gasteiger charge is -2.32. The van der Waals surface area contributed by atoms with Gasteiger partial charge in [0.05, 0.1) is 11.8 Å². The fraction of sp³-hybridized carbons (Fsp3) is 0.286. The van der Waals surface area contributed by atoms with Gasteiger partial charge in [-0.2, -0.15) is 5.10 Å². The van der Waals surface area contributed by atoms with Gasteiger partial charge in [-0.25, -0.2) is 0 Å². The summed E-state index contributed by atoms with van der Waals surface area (Å²) in [5, 5.41) is 6.53. The number of para-hydroxylation sites is 1. The van der Waals surface area contributed by atoms with Gasteiger partial charge < -0.3 is 4.90 Å². The highest BCUT2D eigenvalue weighted by Gasteiger charge is 2.27. The molecule has 1 N–H and O–H groups in total. The molecule has 0 fully saturated rings. The van der Waals surface area contributed by atoms with Crippen LogP contribution in [0.4, 0.5) is 5.69 Å². The predicted molar refractivity (Wildman–Crippen MR) is 69.6 cm³/mol. The van der Waals surface area contributed by atoms with Crippen LogP contribution in [0.3, 0.4) is 0 Å². The van der Waals surface area contributed by atoms with E-state index in [1.807, 2.05) is 23.1 Å². The van der Waals surface area contributed by atoms with Crippen LogP contribution in [0.25, 0.3) is 0 Å². The van der Waals surface area contributed by atoms with Gasteiger partial charge in [0.25, 0.3) is 5.91 Å². The van der Waals surface area contributed by atoms with Crippen LogP contribution >= 0.6 is 0 Å². The molecule has 1 atom stereocenters. The number of amides is 1. The van der Waals surface area contributed by atoms with Crippen molar-refractivity contribution in [2.24, 2.45) is 5.92 Å². The highest BCUT2D eigenvalue weighted by Crippen LogP contribution is 2.30. The normalized spacial score (nSPS) is 18.5. The van der Waals surface area contributed by atoms with Crippen molar-refractivity contribution in [3.63, 3.8) is 0 Å². The molecule has 2 heterocycles. The van der Waals surface area contributed by atoms with E-state index in [0.717, 1.165) is 18.7 Å². The van der Waals surface area contributed by atoms with Gasteiger partial charge >= 0.3 is 0 Å². The number of nitrogens with zero attached hydrogens (tertiary/aromatic N) is 2. The number of hydrogen-bond donors (Lipinski definition) is 1. The average Bonchev–Trinajstić information content (AvgIpc) is 2.90.